The molecule has 0 radical (unpaired) electrons. The van der Waals surface area contributed by atoms with Gasteiger partial charge in [0.1, 0.15) is 0 Å². The lowest BCUT2D eigenvalue weighted by atomic mass is 9.75. The van der Waals surface area contributed by atoms with E-state index in [2.05, 4.69) is 6.92 Å². The van der Waals surface area contributed by atoms with Gasteiger partial charge in [-0.05, 0) is 43.7 Å². The zero-order chi connectivity index (χ0) is 19.9. The van der Waals surface area contributed by atoms with Crippen molar-refractivity contribution in [3.63, 3.8) is 0 Å². The fourth-order valence-corrected chi connectivity index (χ4v) is 4.25. The number of unbranched alkanes of at least 4 members (excludes halogenated alkanes) is 4. The van der Waals surface area contributed by atoms with Crippen molar-refractivity contribution in [3.05, 3.63) is 29.8 Å². The highest BCUT2D eigenvalue weighted by molar-refractivity contribution is 7.94. The van der Waals surface area contributed by atoms with Gasteiger partial charge >= 0.3 is 11.8 Å². The van der Waals surface area contributed by atoms with Crippen molar-refractivity contribution in [2.75, 3.05) is 0 Å². The molecule has 0 amide bonds. The van der Waals surface area contributed by atoms with Gasteiger partial charge in [-0.25, -0.2) is 0 Å². The van der Waals surface area contributed by atoms with Gasteiger partial charge in [0.05, 0.1) is 12.1 Å². The monoisotopic (exact) mass is 408 g/mol. The molecule has 0 nitrogen and oxygen atoms in total. The van der Waals surface area contributed by atoms with Crippen LogP contribution in [0.15, 0.2) is 29.2 Å². The Bertz CT molecular complexity index is 550. The third-order valence-electron chi connectivity index (χ3n) is 5.80. The summed E-state index contributed by atoms with van der Waals surface area (Å²) < 4.78 is 70.8. The second-order valence-electron chi connectivity index (χ2n) is 7.72. The lowest BCUT2D eigenvalue weighted by molar-refractivity contribution is -0.249. The van der Waals surface area contributed by atoms with Crippen LogP contribution in [0.1, 0.15) is 76.7 Å². The molecule has 1 saturated carbocycles. The molecule has 2 rings (SSSR count). The summed E-state index contributed by atoms with van der Waals surface area (Å²) in [5, 5.41) is 0. The van der Waals surface area contributed by atoms with Crippen molar-refractivity contribution < 1.29 is 21.4 Å². The standard InChI is InChI=1S/C21H29F5S/c1-2-3-4-5-6-7-16-8-10-17(11-9-16)20(22,23)21(24,25)18-12-14-19(27-26)15-13-18/h12-17H,2-11H2,1H3/t16-,17-. The minimum atomic E-state index is -4.25. The first-order chi connectivity index (χ1) is 12.8. The Morgan fingerprint density at radius 1 is 0.889 bits per heavy atom. The van der Waals surface area contributed by atoms with Gasteiger partial charge in [-0.2, -0.15) is 21.4 Å². The van der Waals surface area contributed by atoms with E-state index in [4.69, 9.17) is 0 Å². The number of halogens is 5. The minimum absolute atomic E-state index is 0.0979. The molecule has 0 N–H and O–H groups in total. The van der Waals surface area contributed by atoms with E-state index in [1.807, 2.05) is 0 Å². The number of rotatable bonds is 10. The minimum Gasteiger partial charge on any atom is -0.199 e. The van der Waals surface area contributed by atoms with Crippen molar-refractivity contribution in [3.8, 4) is 0 Å². The van der Waals surface area contributed by atoms with E-state index < -0.39 is 23.3 Å². The molecule has 0 saturated heterocycles. The summed E-state index contributed by atoms with van der Waals surface area (Å²) in [4.78, 5) is 0.123. The van der Waals surface area contributed by atoms with Crippen LogP contribution in [0.5, 0.6) is 0 Å². The van der Waals surface area contributed by atoms with E-state index in [1.54, 1.807) is 0 Å². The zero-order valence-electron chi connectivity index (χ0n) is 15.8. The number of alkyl halides is 4. The lowest BCUT2D eigenvalue weighted by Gasteiger charge is -2.37. The van der Waals surface area contributed by atoms with Crippen LogP contribution in [0.25, 0.3) is 0 Å². The Labute approximate surface area is 163 Å². The molecule has 1 fully saturated rings. The third-order valence-corrected chi connectivity index (χ3v) is 6.25. The van der Waals surface area contributed by atoms with E-state index >= 15 is 0 Å². The SMILES string of the molecule is CCCCCCC[C@H]1CC[C@H](C(F)(F)C(F)(F)c2ccc(SF)cc2)CC1. The average Bonchev–Trinajstić information content (AvgIpc) is 2.68. The summed E-state index contributed by atoms with van der Waals surface area (Å²) in [5.41, 5.74) is -0.747. The summed E-state index contributed by atoms with van der Waals surface area (Å²) in [5.74, 6) is -9.26. The number of hydrogen-bond acceptors (Lipinski definition) is 1. The van der Waals surface area contributed by atoms with Crippen molar-refractivity contribution in [2.45, 2.75) is 87.9 Å². The van der Waals surface area contributed by atoms with E-state index in [-0.39, 0.29) is 29.9 Å². The molecule has 1 aromatic carbocycles. The fourth-order valence-electron chi connectivity index (χ4n) is 4.01. The second-order valence-corrected chi connectivity index (χ2v) is 8.35. The first-order valence-electron chi connectivity index (χ1n) is 9.97. The summed E-state index contributed by atoms with van der Waals surface area (Å²) in [7, 11) is 0. The van der Waals surface area contributed by atoms with Gasteiger partial charge in [0.25, 0.3) is 0 Å². The molecule has 27 heavy (non-hydrogen) atoms. The predicted molar refractivity (Wildman–Crippen MR) is 101 cm³/mol. The maximum absolute atomic E-state index is 14.6. The van der Waals surface area contributed by atoms with Gasteiger partial charge in [-0.15, -0.1) is 0 Å². The normalized spacial score (nSPS) is 21.4. The summed E-state index contributed by atoms with van der Waals surface area (Å²) in [6.07, 6.45) is 8.36. The zero-order valence-corrected chi connectivity index (χ0v) is 16.6. The van der Waals surface area contributed by atoms with E-state index in [0.29, 0.717) is 18.8 Å². The van der Waals surface area contributed by atoms with Crippen molar-refractivity contribution in [2.24, 2.45) is 11.8 Å². The van der Waals surface area contributed by atoms with Crippen LogP contribution in [0.3, 0.4) is 0 Å². The first-order valence-corrected chi connectivity index (χ1v) is 10.7. The fraction of sp³-hybridized carbons (Fsp3) is 0.714. The van der Waals surface area contributed by atoms with E-state index in [1.165, 1.54) is 19.3 Å². The molecule has 0 heterocycles. The number of hydrogen-bond donors (Lipinski definition) is 0. The van der Waals surface area contributed by atoms with Gasteiger partial charge in [-0.1, -0.05) is 57.6 Å². The molecular formula is C21H29F5S. The largest absolute Gasteiger partial charge is 0.335 e. The molecule has 0 unspecified atom stereocenters. The second kappa shape index (κ2) is 10.1. The maximum Gasteiger partial charge on any atom is 0.335 e. The van der Waals surface area contributed by atoms with Crippen LogP contribution in [-0.4, -0.2) is 5.92 Å². The summed E-state index contributed by atoms with van der Waals surface area (Å²) >= 11 is -0.0979. The average molecular weight is 409 g/mol. The van der Waals surface area contributed by atoms with Crippen LogP contribution in [-0.2, 0) is 5.92 Å². The van der Waals surface area contributed by atoms with Gasteiger partial charge < -0.3 is 0 Å². The molecular weight excluding hydrogens is 379 g/mol. The highest BCUT2D eigenvalue weighted by Crippen LogP contribution is 2.52. The third kappa shape index (κ3) is 5.61. The van der Waals surface area contributed by atoms with Gasteiger partial charge in [0.2, 0.25) is 0 Å². The van der Waals surface area contributed by atoms with Crippen molar-refractivity contribution >= 4 is 12.1 Å². The lowest BCUT2D eigenvalue weighted by Crippen LogP contribution is -2.45. The predicted octanol–water partition coefficient (Wildman–Crippen LogP) is 8.56. The Hall–Kier alpha value is -0.780. The molecule has 154 valence electrons. The Morgan fingerprint density at radius 2 is 1.48 bits per heavy atom. The highest BCUT2D eigenvalue weighted by atomic mass is 32.2. The molecule has 1 aliphatic carbocycles. The van der Waals surface area contributed by atoms with Crippen molar-refractivity contribution in [1.82, 2.24) is 0 Å². The number of benzene rings is 1. The van der Waals surface area contributed by atoms with Gasteiger partial charge in [-0.3, -0.25) is 0 Å². The Balaban J connectivity index is 1.90. The molecule has 6 heteroatoms. The van der Waals surface area contributed by atoms with E-state index in [0.717, 1.165) is 43.5 Å². The quantitative estimate of drug-likeness (QED) is 0.276. The summed E-state index contributed by atoms with van der Waals surface area (Å²) in [6, 6.07) is 4.02. The van der Waals surface area contributed by atoms with Crippen LogP contribution in [0, 0.1) is 11.8 Å². The first kappa shape index (κ1) is 22.5. The molecule has 0 aliphatic heterocycles. The van der Waals surface area contributed by atoms with Crippen LogP contribution in [0.2, 0.25) is 0 Å². The molecule has 1 aromatic rings. The van der Waals surface area contributed by atoms with Crippen LogP contribution in [0.4, 0.5) is 21.4 Å². The molecule has 0 atom stereocenters. The Kier molecular flexibility index (Phi) is 8.44. The smallest absolute Gasteiger partial charge is 0.199 e. The summed E-state index contributed by atoms with van der Waals surface area (Å²) in [6.45, 7) is 2.16. The van der Waals surface area contributed by atoms with Crippen molar-refractivity contribution in [1.29, 1.82) is 0 Å². The van der Waals surface area contributed by atoms with Gasteiger partial charge in [0, 0.05) is 16.4 Å². The van der Waals surface area contributed by atoms with E-state index in [9.17, 15) is 21.4 Å². The molecule has 0 spiro atoms. The molecule has 0 aromatic heterocycles. The molecule has 1 aliphatic rings. The topological polar surface area (TPSA) is 0 Å². The van der Waals surface area contributed by atoms with Gasteiger partial charge in [0.15, 0.2) is 0 Å². The molecule has 0 bridgehead atoms. The maximum atomic E-state index is 14.6. The highest BCUT2D eigenvalue weighted by Gasteiger charge is 2.61. The van der Waals surface area contributed by atoms with Crippen LogP contribution < -0.4 is 0 Å². The van der Waals surface area contributed by atoms with Crippen LogP contribution >= 0.6 is 12.1 Å². The Morgan fingerprint density at radius 3 is 2.04 bits per heavy atom.